The number of carbonyl (C=O) groups excluding carboxylic acids is 2. The van der Waals surface area contributed by atoms with Crippen molar-refractivity contribution in [3.8, 4) is 0 Å². The van der Waals surface area contributed by atoms with Crippen LogP contribution in [0.3, 0.4) is 0 Å². The topological polar surface area (TPSA) is 55.2 Å². The quantitative estimate of drug-likeness (QED) is 0.403. The van der Waals surface area contributed by atoms with Crippen molar-refractivity contribution in [3.63, 3.8) is 0 Å². The van der Waals surface area contributed by atoms with Crippen molar-refractivity contribution in [3.05, 3.63) is 59.9 Å². The average Bonchev–Trinajstić information content (AvgIpc) is 3.09. The summed E-state index contributed by atoms with van der Waals surface area (Å²) in [6, 6.07) is 14.0. The summed E-state index contributed by atoms with van der Waals surface area (Å²) >= 11 is 1.24. The predicted molar refractivity (Wildman–Crippen MR) is 121 cm³/mol. The molecule has 0 aliphatic carbocycles. The van der Waals surface area contributed by atoms with Crippen LogP contribution in [0.5, 0.6) is 0 Å². The predicted octanol–water partition coefficient (Wildman–Crippen LogP) is 4.94. The minimum atomic E-state index is -0.523. The van der Waals surface area contributed by atoms with Gasteiger partial charge in [0, 0.05) is 12.1 Å². The standard InChI is InChI=1S/C24H26FN3O2S/c1-16-8-7-9-17(2)28(16)23(30)14-27-21-13-6-5-12-20(21)26-24(27)31-15-22(29)18-10-3-4-11-19(18)25/h3-6,10-13,16-17H,7-9,14-15H2,1-2H3. The Hall–Kier alpha value is -2.67. The molecule has 5 nitrogen and oxygen atoms in total. The summed E-state index contributed by atoms with van der Waals surface area (Å²) in [5.74, 6) is -0.712. The average molecular weight is 440 g/mol. The molecule has 1 aliphatic heterocycles. The smallest absolute Gasteiger partial charge is 0.243 e. The van der Waals surface area contributed by atoms with E-state index in [2.05, 4.69) is 18.8 Å². The van der Waals surface area contributed by atoms with Crippen LogP contribution in [0, 0.1) is 5.82 Å². The monoisotopic (exact) mass is 439 g/mol. The first-order valence-corrected chi connectivity index (χ1v) is 11.6. The second-order valence-corrected chi connectivity index (χ2v) is 9.03. The third-order valence-electron chi connectivity index (χ3n) is 5.90. The van der Waals surface area contributed by atoms with Crippen molar-refractivity contribution < 1.29 is 14.0 Å². The largest absolute Gasteiger partial charge is 0.336 e. The van der Waals surface area contributed by atoms with Crippen LogP contribution in [0.2, 0.25) is 0 Å². The van der Waals surface area contributed by atoms with E-state index in [1.165, 1.54) is 23.9 Å². The number of likely N-dealkylation sites (tertiary alicyclic amines) is 1. The molecule has 1 fully saturated rings. The number of halogens is 1. The lowest BCUT2D eigenvalue weighted by molar-refractivity contribution is -0.138. The molecular formula is C24H26FN3O2S. The highest BCUT2D eigenvalue weighted by Gasteiger charge is 2.29. The van der Waals surface area contributed by atoms with Gasteiger partial charge in [-0.3, -0.25) is 9.59 Å². The highest BCUT2D eigenvalue weighted by atomic mass is 32.2. The van der Waals surface area contributed by atoms with Crippen molar-refractivity contribution in [2.45, 2.75) is 56.9 Å². The lowest BCUT2D eigenvalue weighted by Crippen LogP contribution is -2.48. The molecule has 2 heterocycles. The van der Waals surface area contributed by atoms with Gasteiger partial charge < -0.3 is 9.47 Å². The van der Waals surface area contributed by atoms with Gasteiger partial charge in [-0.2, -0.15) is 0 Å². The maximum atomic E-state index is 14.0. The van der Waals surface area contributed by atoms with Crippen LogP contribution >= 0.6 is 11.8 Å². The number of hydrogen-bond donors (Lipinski definition) is 0. The molecule has 0 bridgehead atoms. The van der Waals surface area contributed by atoms with Crippen molar-refractivity contribution in [1.82, 2.24) is 14.5 Å². The molecule has 4 rings (SSSR count). The summed E-state index contributed by atoms with van der Waals surface area (Å²) in [5.41, 5.74) is 1.70. The Labute approximate surface area is 185 Å². The Morgan fingerprint density at radius 2 is 1.74 bits per heavy atom. The number of fused-ring (bicyclic) bond motifs is 1. The van der Waals surface area contributed by atoms with Gasteiger partial charge in [0.2, 0.25) is 5.91 Å². The number of piperidine rings is 1. The number of carbonyl (C=O) groups is 2. The van der Waals surface area contributed by atoms with E-state index in [4.69, 9.17) is 0 Å². The van der Waals surface area contributed by atoms with E-state index in [0.29, 0.717) is 5.16 Å². The Bertz CT molecular complexity index is 1100. The maximum absolute atomic E-state index is 14.0. The number of imidazole rings is 1. The number of rotatable bonds is 6. The fourth-order valence-electron chi connectivity index (χ4n) is 4.34. The van der Waals surface area contributed by atoms with Crippen LogP contribution in [0.4, 0.5) is 4.39 Å². The number of thioether (sulfide) groups is 1. The Morgan fingerprint density at radius 3 is 2.48 bits per heavy atom. The van der Waals surface area contributed by atoms with Crippen molar-refractivity contribution >= 4 is 34.5 Å². The van der Waals surface area contributed by atoms with E-state index < -0.39 is 5.82 Å². The molecule has 2 aromatic carbocycles. The lowest BCUT2D eigenvalue weighted by Gasteiger charge is -2.39. The number of ketones is 1. The molecule has 7 heteroatoms. The number of aromatic nitrogens is 2. The van der Waals surface area contributed by atoms with Crippen molar-refractivity contribution in [2.24, 2.45) is 0 Å². The molecule has 162 valence electrons. The summed E-state index contributed by atoms with van der Waals surface area (Å²) in [6.45, 7) is 4.37. The summed E-state index contributed by atoms with van der Waals surface area (Å²) in [5, 5.41) is 0.594. The second kappa shape index (κ2) is 9.22. The highest BCUT2D eigenvalue weighted by molar-refractivity contribution is 7.99. The Balaban J connectivity index is 1.58. The number of hydrogen-bond acceptors (Lipinski definition) is 4. The van der Waals surface area contributed by atoms with Gasteiger partial charge >= 0.3 is 0 Å². The molecule has 0 saturated carbocycles. The summed E-state index contributed by atoms with van der Waals surface area (Å²) in [7, 11) is 0. The Morgan fingerprint density at radius 1 is 1.06 bits per heavy atom. The maximum Gasteiger partial charge on any atom is 0.243 e. The van der Waals surface area contributed by atoms with E-state index in [-0.39, 0.29) is 41.6 Å². The van der Waals surface area contributed by atoms with Crippen LogP contribution < -0.4 is 0 Å². The number of Topliss-reactive ketones (excluding diaryl/α,β-unsaturated/α-hetero) is 1. The molecule has 1 aliphatic rings. The fourth-order valence-corrected chi connectivity index (χ4v) is 5.24. The molecule has 31 heavy (non-hydrogen) atoms. The van der Waals surface area contributed by atoms with Crippen LogP contribution in [0.25, 0.3) is 11.0 Å². The first-order chi connectivity index (χ1) is 15.0. The molecule has 0 radical (unpaired) electrons. The zero-order chi connectivity index (χ0) is 22.0. The molecule has 3 aromatic rings. The molecule has 0 N–H and O–H groups in total. The van der Waals surface area contributed by atoms with Crippen molar-refractivity contribution in [2.75, 3.05) is 5.75 Å². The normalized spacial score (nSPS) is 19.0. The SMILES string of the molecule is CC1CCCC(C)N1C(=O)Cn1c(SCC(=O)c2ccccc2F)nc2ccccc21. The Kier molecular flexibility index (Phi) is 6.41. The molecule has 1 saturated heterocycles. The molecular weight excluding hydrogens is 413 g/mol. The molecule has 0 spiro atoms. The van der Waals surface area contributed by atoms with Gasteiger partial charge in [-0.25, -0.2) is 9.37 Å². The lowest BCUT2D eigenvalue weighted by atomic mass is 9.97. The third-order valence-corrected chi connectivity index (χ3v) is 6.88. The molecule has 2 unspecified atom stereocenters. The van der Waals surface area contributed by atoms with E-state index in [1.54, 1.807) is 12.1 Å². The summed E-state index contributed by atoms with van der Waals surface area (Å²) in [6.07, 6.45) is 3.17. The second-order valence-electron chi connectivity index (χ2n) is 8.09. The van der Waals surface area contributed by atoms with Crippen LogP contribution in [0.15, 0.2) is 53.7 Å². The van der Waals surface area contributed by atoms with Gasteiger partial charge in [0.1, 0.15) is 12.4 Å². The van der Waals surface area contributed by atoms with Gasteiger partial charge in [-0.05, 0) is 57.4 Å². The van der Waals surface area contributed by atoms with E-state index in [9.17, 15) is 14.0 Å². The first kappa shape index (κ1) is 21.6. The van der Waals surface area contributed by atoms with E-state index in [0.717, 1.165) is 30.3 Å². The van der Waals surface area contributed by atoms with Gasteiger partial charge in [-0.1, -0.05) is 36.0 Å². The van der Waals surface area contributed by atoms with Gasteiger partial charge in [0.25, 0.3) is 0 Å². The van der Waals surface area contributed by atoms with Crippen molar-refractivity contribution in [1.29, 1.82) is 0 Å². The number of benzene rings is 2. The highest BCUT2D eigenvalue weighted by Crippen LogP contribution is 2.27. The van der Waals surface area contributed by atoms with Crippen LogP contribution in [-0.2, 0) is 11.3 Å². The van der Waals surface area contributed by atoms with E-state index >= 15 is 0 Å². The van der Waals surface area contributed by atoms with Gasteiger partial charge in [0.15, 0.2) is 10.9 Å². The molecule has 1 aromatic heterocycles. The minimum Gasteiger partial charge on any atom is -0.336 e. The first-order valence-electron chi connectivity index (χ1n) is 10.6. The zero-order valence-electron chi connectivity index (χ0n) is 17.8. The van der Waals surface area contributed by atoms with Gasteiger partial charge in [0.05, 0.1) is 22.3 Å². The zero-order valence-corrected chi connectivity index (χ0v) is 18.6. The fraction of sp³-hybridized carbons (Fsp3) is 0.375. The third kappa shape index (κ3) is 4.51. The number of amides is 1. The minimum absolute atomic E-state index is 0.0506. The summed E-state index contributed by atoms with van der Waals surface area (Å²) in [4.78, 5) is 32.4. The van der Waals surface area contributed by atoms with E-state index in [1.807, 2.05) is 33.7 Å². The van der Waals surface area contributed by atoms with Crippen LogP contribution in [-0.4, -0.2) is 44.0 Å². The number of para-hydroxylation sites is 2. The molecule has 1 amide bonds. The number of nitrogens with zero attached hydrogens (tertiary/aromatic N) is 3. The summed E-state index contributed by atoms with van der Waals surface area (Å²) < 4.78 is 15.8. The van der Waals surface area contributed by atoms with Gasteiger partial charge in [-0.15, -0.1) is 0 Å². The van der Waals surface area contributed by atoms with Crippen LogP contribution in [0.1, 0.15) is 43.5 Å². The molecule has 2 atom stereocenters.